The number of hydrogen-bond acceptors (Lipinski definition) is 2. The Labute approximate surface area is 107 Å². The first-order valence-electron chi connectivity index (χ1n) is 6.53. The zero-order valence-electron chi connectivity index (χ0n) is 10.7. The van der Waals surface area contributed by atoms with Gasteiger partial charge in [0.1, 0.15) is 5.75 Å². The lowest BCUT2D eigenvalue weighted by Crippen LogP contribution is -2.37. The van der Waals surface area contributed by atoms with Crippen molar-refractivity contribution in [3.63, 3.8) is 0 Å². The molecule has 0 aromatic heterocycles. The lowest BCUT2D eigenvalue weighted by Gasteiger charge is -2.36. The van der Waals surface area contributed by atoms with Crippen LogP contribution in [-0.2, 0) is 11.2 Å². The van der Waals surface area contributed by atoms with E-state index in [1.807, 2.05) is 6.07 Å². The fourth-order valence-electron chi connectivity index (χ4n) is 2.84. The van der Waals surface area contributed by atoms with Crippen LogP contribution in [0.2, 0.25) is 0 Å². The number of phenols is 1. The summed E-state index contributed by atoms with van der Waals surface area (Å²) >= 11 is 0. The highest BCUT2D eigenvalue weighted by atomic mass is 16.4. The fourth-order valence-corrected chi connectivity index (χ4v) is 2.84. The summed E-state index contributed by atoms with van der Waals surface area (Å²) in [5.41, 5.74) is 0.271. The molecule has 0 atom stereocenters. The van der Waals surface area contributed by atoms with Gasteiger partial charge in [0.15, 0.2) is 0 Å². The van der Waals surface area contributed by atoms with E-state index in [1.165, 1.54) is 0 Å². The molecule has 0 spiro atoms. The Balaban J connectivity index is 2.19. The van der Waals surface area contributed by atoms with Crippen molar-refractivity contribution >= 4 is 5.97 Å². The molecule has 1 aliphatic rings. The number of benzene rings is 1. The van der Waals surface area contributed by atoms with Gasteiger partial charge < -0.3 is 10.2 Å². The minimum atomic E-state index is -0.697. The molecule has 0 heterocycles. The monoisotopic (exact) mass is 248 g/mol. The van der Waals surface area contributed by atoms with Gasteiger partial charge in [-0.3, -0.25) is 4.79 Å². The third-order valence-electron chi connectivity index (χ3n) is 4.14. The van der Waals surface area contributed by atoms with Crippen molar-refractivity contribution < 1.29 is 15.0 Å². The van der Waals surface area contributed by atoms with Crippen molar-refractivity contribution in [1.29, 1.82) is 0 Å². The van der Waals surface area contributed by atoms with Crippen LogP contribution >= 0.6 is 0 Å². The van der Waals surface area contributed by atoms with Crippen LogP contribution in [0.4, 0.5) is 0 Å². The average molecular weight is 248 g/mol. The van der Waals surface area contributed by atoms with E-state index in [9.17, 15) is 15.0 Å². The molecule has 0 bridgehead atoms. The molecule has 1 aliphatic carbocycles. The van der Waals surface area contributed by atoms with Crippen molar-refractivity contribution in [2.75, 3.05) is 0 Å². The third kappa shape index (κ3) is 2.66. The van der Waals surface area contributed by atoms with Gasteiger partial charge in [0.05, 0.1) is 5.41 Å². The SMILES string of the molecule is CC1CCC(Cc2cccc(O)c2)(C(=O)O)CC1. The number of carboxylic acids is 1. The van der Waals surface area contributed by atoms with E-state index >= 15 is 0 Å². The van der Waals surface area contributed by atoms with Crippen LogP contribution in [-0.4, -0.2) is 16.2 Å². The molecule has 2 N–H and O–H groups in total. The Morgan fingerprint density at radius 3 is 2.61 bits per heavy atom. The second-order valence-corrected chi connectivity index (χ2v) is 5.61. The van der Waals surface area contributed by atoms with Crippen molar-refractivity contribution in [1.82, 2.24) is 0 Å². The Hall–Kier alpha value is -1.51. The summed E-state index contributed by atoms with van der Waals surface area (Å²) < 4.78 is 0. The Morgan fingerprint density at radius 1 is 1.39 bits per heavy atom. The maximum absolute atomic E-state index is 11.6. The number of aromatic hydroxyl groups is 1. The largest absolute Gasteiger partial charge is 0.508 e. The van der Waals surface area contributed by atoms with Crippen molar-refractivity contribution in [3.8, 4) is 5.75 Å². The number of aliphatic carboxylic acids is 1. The van der Waals surface area contributed by atoms with Crippen molar-refractivity contribution in [2.45, 2.75) is 39.0 Å². The van der Waals surface area contributed by atoms with Gasteiger partial charge in [-0.05, 0) is 55.7 Å². The molecule has 1 aromatic carbocycles. The van der Waals surface area contributed by atoms with Crippen molar-refractivity contribution in [2.24, 2.45) is 11.3 Å². The van der Waals surface area contributed by atoms with E-state index in [4.69, 9.17) is 0 Å². The summed E-state index contributed by atoms with van der Waals surface area (Å²) in [7, 11) is 0. The minimum absolute atomic E-state index is 0.206. The number of hydrogen-bond donors (Lipinski definition) is 2. The van der Waals surface area contributed by atoms with Gasteiger partial charge in [0, 0.05) is 0 Å². The standard InChI is InChI=1S/C15H20O3/c1-11-5-7-15(8-6-11,14(17)18)10-12-3-2-4-13(16)9-12/h2-4,9,11,16H,5-8,10H2,1H3,(H,17,18). The van der Waals surface area contributed by atoms with Crippen LogP contribution < -0.4 is 0 Å². The highest BCUT2D eigenvalue weighted by Crippen LogP contribution is 2.41. The second kappa shape index (κ2) is 5.01. The first kappa shape index (κ1) is 12.9. The van der Waals surface area contributed by atoms with E-state index in [2.05, 4.69) is 6.92 Å². The zero-order chi connectivity index (χ0) is 13.2. The first-order chi connectivity index (χ1) is 8.52. The van der Waals surface area contributed by atoms with Crippen LogP contribution in [0.3, 0.4) is 0 Å². The van der Waals surface area contributed by atoms with E-state index in [-0.39, 0.29) is 5.75 Å². The van der Waals surface area contributed by atoms with Gasteiger partial charge in [-0.15, -0.1) is 0 Å². The van der Waals surface area contributed by atoms with Gasteiger partial charge >= 0.3 is 5.97 Å². The predicted octanol–water partition coefficient (Wildman–Crippen LogP) is 3.22. The molecule has 1 saturated carbocycles. The van der Waals surface area contributed by atoms with Crippen molar-refractivity contribution in [3.05, 3.63) is 29.8 Å². The summed E-state index contributed by atoms with van der Waals surface area (Å²) in [5.74, 6) is 0.136. The lowest BCUT2D eigenvalue weighted by atomic mass is 9.68. The smallest absolute Gasteiger partial charge is 0.309 e. The zero-order valence-corrected chi connectivity index (χ0v) is 10.7. The maximum atomic E-state index is 11.6. The van der Waals surface area contributed by atoms with Crippen LogP contribution in [0.25, 0.3) is 0 Å². The van der Waals surface area contributed by atoms with E-state index in [0.717, 1.165) is 31.2 Å². The first-order valence-corrected chi connectivity index (χ1v) is 6.53. The molecule has 0 radical (unpaired) electrons. The molecule has 1 fully saturated rings. The molecule has 2 rings (SSSR count). The quantitative estimate of drug-likeness (QED) is 0.863. The van der Waals surface area contributed by atoms with Crippen LogP contribution in [0.1, 0.15) is 38.2 Å². The predicted molar refractivity (Wildman–Crippen MR) is 69.5 cm³/mol. The molecular formula is C15H20O3. The van der Waals surface area contributed by atoms with Gasteiger partial charge in [-0.2, -0.15) is 0 Å². The Morgan fingerprint density at radius 2 is 2.06 bits per heavy atom. The fraction of sp³-hybridized carbons (Fsp3) is 0.533. The molecule has 0 aliphatic heterocycles. The minimum Gasteiger partial charge on any atom is -0.508 e. The maximum Gasteiger partial charge on any atom is 0.309 e. The molecular weight excluding hydrogens is 228 g/mol. The van der Waals surface area contributed by atoms with Crippen LogP contribution in [0, 0.1) is 11.3 Å². The molecule has 0 unspecified atom stereocenters. The summed E-state index contributed by atoms with van der Waals surface area (Å²) in [5, 5.41) is 19.0. The Kier molecular flexibility index (Phi) is 3.60. The summed E-state index contributed by atoms with van der Waals surface area (Å²) in [6.45, 7) is 2.18. The normalized spacial score (nSPS) is 27.9. The number of carbonyl (C=O) groups is 1. The van der Waals surface area contributed by atoms with Crippen LogP contribution in [0.5, 0.6) is 5.75 Å². The Bertz CT molecular complexity index is 431. The molecule has 3 nitrogen and oxygen atoms in total. The highest BCUT2D eigenvalue weighted by molar-refractivity contribution is 5.75. The van der Waals surface area contributed by atoms with E-state index < -0.39 is 11.4 Å². The summed E-state index contributed by atoms with van der Waals surface area (Å²) in [6, 6.07) is 6.94. The number of carboxylic acid groups (broad SMARTS) is 1. The second-order valence-electron chi connectivity index (χ2n) is 5.61. The number of rotatable bonds is 3. The van der Waals surface area contributed by atoms with Gasteiger partial charge in [-0.25, -0.2) is 0 Å². The van der Waals surface area contributed by atoms with Crippen LogP contribution in [0.15, 0.2) is 24.3 Å². The molecule has 1 aromatic rings. The topological polar surface area (TPSA) is 57.5 Å². The summed E-state index contributed by atoms with van der Waals surface area (Å²) in [6.07, 6.45) is 3.94. The molecule has 0 saturated heterocycles. The molecule has 3 heteroatoms. The summed E-state index contributed by atoms with van der Waals surface area (Å²) in [4.78, 5) is 11.6. The molecule has 0 amide bonds. The lowest BCUT2D eigenvalue weighted by molar-refractivity contribution is -0.151. The van der Waals surface area contributed by atoms with E-state index in [1.54, 1.807) is 18.2 Å². The number of phenolic OH excluding ortho intramolecular Hbond substituents is 1. The van der Waals surface area contributed by atoms with Gasteiger partial charge in [0.25, 0.3) is 0 Å². The van der Waals surface area contributed by atoms with Gasteiger partial charge in [-0.1, -0.05) is 19.1 Å². The van der Waals surface area contributed by atoms with E-state index in [0.29, 0.717) is 12.3 Å². The third-order valence-corrected chi connectivity index (χ3v) is 4.14. The molecule has 98 valence electrons. The highest BCUT2D eigenvalue weighted by Gasteiger charge is 2.41. The molecule has 18 heavy (non-hydrogen) atoms. The van der Waals surface area contributed by atoms with Gasteiger partial charge in [0.2, 0.25) is 0 Å². The average Bonchev–Trinajstić information content (AvgIpc) is 2.32.